The Labute approximate surface area is 149 Å². The van der Waals surface area contributed by atoms with Crippen LogP contribution in [0.4, 0.5) is 0 Å². The second-order valence-electron chi connectivity index (χ2n) is 7.23. The summed E-state index contributed by atoms with van der Waals surface area (Å²) in [7, 11) is 1.82. The van der Waals surface area contributed by atoms with Crippen LogP contribution < -0.4 is 0 Å². The van der Waals surface area contributed by atoms with Gasteiger partial charge in [0.05, 0.1) is 0 Å². The van der Waals surface area contributed by atoms with Crippen LogP contribution in [0, 0.1) is 5.41 Å². The molecule has 25 heavy (non-hydrogen) atoms. The maximum absolute atomic E-state index is 12.5. The summed E-state index contributed by atoms with van der Waals surface area (Å²) >= 11 is 0. The van der Waals surface area contributed by atoms with Crippen molar-refractivity contribution >= 4 is 11.7 Å². The third-order valence-corrected chi connectivity index (χ3v) is 4.28. The lowest BCUT2D eigenvalue weighted by molar-refractivity contribution is -0.131. The second-order valence-corrected chi connectivity index (χ2v) is 7.23. The van der Waals surface area contributed by atoms with Crippen LogP contribution in [0.15, 0.2) is 54.9 Å². The smallest absolute Gasteiger partial charge is 0.222 e. The van der Waals surface area contributed by atoms with Crippen LogP contribution >= 0.6 is 0 Å². The van der Waals surface area contributed by atoms with Crippen molar-refractivity contribution in [3.63, 3.8) is 0 Å². The zero-order chi connectivity index (χ0) is 18.3. The van der Waals surface area contributed by atoms with Crippen molar-refractivity contribution in [2.45, 2.75) is 33.1 Å². The quantitative estimate of drug-likeness (QED) is 0.688. The van der Waals surface area contributed by atoms with Crippen molar-refractivity contribution in [2.75, 3.05) is 13.6 Å². The van der Waals surface area contributed by atoms with Crippen molar-refractivity contribution in [1.29, 1.82) is 0 Å². The molecule has 0 N–H and O–H groups in total. The molecule has 0 atom stereocenters. The van der Waals surface area contributed by atoms with E-state index in [-0.39, 0.29) is 17.1 Å². The molecule has 1 aromatic heterocycles. The van der Waals surface area contributed by atoms with Gasteiger partial charge in [0.15, 0.2) is 5.78 Å². The molecule has 4 heteroatoms. The highest BCUT2D eigenvalue weighted by atomic mass is 16.2. The first-order chi connectivity index (χ1) is 11.9. The lowest BCUT2D eigenvalue weighted by atomic mass is 9.82. The van der Waals surface area contributed by atoms with Crippen LogP contribution in [0.3, 0.4) is 0 Å². The van der Waals surface area contributed by atoms with Crippen molar-refractivity contribution in [1.82, 2.24) is 9.88 Å². The third kappa shape index (κ3) is 6.14. The van der Waals surface area contributed by atoms with E-state index in [4.69, 9.17) is 0 Å². The Morgan fingerprint density at radius 2 is 1.64 bits per heavy atom. The van der Waals surface area contributed by atoms with Gasteiger partial charge in [-0.3, -0.25) is 14.6 Å². The van der Waals surface area contributed by atoms with Crippen LogP contribution in [-0.4, -0.2) is 35.2 Å². The first-order valence-corrected chi connectivity index (χ1v) is 8.58. The number of hydrogen-bond donors (Lipinski definition) is 0. The van der Waals surface area contributed by atoms with Crippen LogP contribution in [0.1, 0.15) is 42.6 Å². The molecule has 0 spiro atoms. The minimum absolute atomic E-state index is 0.0694. The maximum Gasteiger partial charge on any atom is 0.222 e. The monoisotopic (exact) mass is 338 g/mol. The summed E-state index contributed by atoms with van der Waals surface area (Å²) in [4.78, 5) is 30.6. The molecule has 1 heterocycles. The molecule has 0 aliphatic rings. The van der Waals surface area contributed by atoms with E-state index in [1.54, 1.807) is 17.3 Å². The van der Waals surface area contributed by atoms with Gasteiger partial charge in [-0.1, -0.05) is 44.2 Å². The summed E-state index contributed by atoms with van der Waals surface area (Å²) in [6, 6.07) is 13.2. The molecule has 1 aromatic carbocycles. The summed E-state index contributed by atoms with van der Waals surface area (Å²) in [6.45, 7) is 4.61. The minimum Gasteiger partial charge on any atom is -0.345 e. The molecule has 0 saturated carbocycles. The Hall–Kier alpha value is -2.49. The molecule has 0 fully saturated rings. The molecule has 0 bridgehead atoms. The van der Waals surface area contributed by atoms with Gasteiger partial charge in [0.25, 0.3) is 0 Å². The molecule has 2 rings (SSSR count). The van der Waals surface area contributed by atoms with Crippen LogP contribution in [0.25, 0.3) is 0 Å². The highest BCUT2D eigenvalue weighted by Crippen LogP contribution is 2.28. The number of hydrogen-bond acceptors (Lipinski definition) is 3. The summed E-state index contributed by atoms with van der Waals surface area (Å²) in [5.74, 6) is 0.151. The van der Waals surface area contributed by atoms with Crippen LogP contribution in [0.2, 0.25) is 0 Å². The van der Waals surface area contributed by atoms with Gasteiger partial charge in [0, 0.05) is 44.4 Å². The molecular formula is C21H26N2O2. The fraction of sp³-hybridized carbons (Fsp3) is 0.381. The average molecular weight is 338 g/mol. The number of amides is 1. The SMILES string of the molecule is CN(CCc1ccncc1)C(=O)CC(C)(C)CC(=O)c1ccccc1. The fourth-order valence-corrected chi connectivity index (χ4v) is 2.74. The summed E-state index contributed by atoms with van der Waals surface area (Å²) in [5, 5.41) is 0. The normalized spacial score (nSPS) is 11.2. The highest BCUT2D eigenvalue weighted by Gasteiger charge is 2.27. The molecule has 1 amide bonds. The molecule has 0 radical (unpaired) electrons. The third-order valence-electron chi connectivity index (χ3n) is 4.28. The number of benzene rings is 1. The van der Waals surface area contributed by atoms with Crippen molar-refractivity contribution in [3.8, 4) is 0 Å². The highest BCUT2D eigenvalue weighted by molar-refractivity contribution is 5.96. The first kappa shape index (κ1) is 18.8. The Kier molecular flexibility index (Phi) is 6.45. The standard InChI is InChI=1S/C21H26N2O2/c1-21(2,15-19(24)18-7-5-4-6-8-18)16-20(25)23(3)14-11-17-9-12-22-13-10-17/h4-10,12-13H,11,14-16H2,1-3H3. The minimum atomic E-state index is -0.366. The summed E-state index contributed by atoms with van der Waals surface area (Å²) < 4.78 is 0. The van der Waals surface area contributed by atoms with E-state index in [9.17, 15) is 9.59 Å². The number of likely N-dealkylation sites (N-methyl/N-ethyl adjacent to an activating group) is 1. The Balaban J connectivity index is 1.86. The van der Waals surface area contributed by atoms with E-state index in [1.807, 2.05) is 63.4 Å². The number of nitrogens with zero attached hydrogens (tertiary/aromatic N) is 2. The lowest BCUT2D eigenvalue weighted by Crippen LogP contribution is -2.33. The van der Waals surface area contributed by atoms with Crippen molar-refractivity contribution in [2.24, 2.45) is 5.41 Å². The molecule has 4 nitrogen and oxygen atoms in total. The predicted molar refractivity (Wildman–Crippen MR) is 99.4 cm³/mol. The van der Waals surface area contributed by atoms with Gasteiger partial charge in [0.1, 0.15) is 0 Å². The second kappa shape index (κ2) is 8.56. The molecule has 0 aliphatic heterocycles. The molecule has 0 saturated heterocycles. The van der Waals surface area contributed by atoms with Crippen molar-refractivity contribution in [3.05, 3.63) is 66.0 Å². The number of ketones is 1. The van der Waals surface area contributed by atoms with E-state index >= 15 is 0 Å². The number of carbonyl (C=O) groups is 2. The van der Waals surface area contributed by atoms with Gasteiger partial charge in [-0.05, 0) is 29.5 Å². The van der Waals surface area contributed by atoms with E-state index in [2.05, 4.69) is 4.98 Å². The number of pyridine rings is 1. The molecular weight excluding hydrogens is 312 g/mol. The van der Waals surface area contributed by atoms with Gasteiger partial charge >= 0.3 is 0 Å². The van der Waals surface area contributed by atoms with Crippen LogP contribution in [-0.2, 0) is 11.2 Å². The number of Topliss-reactive ketones (excluding diaryl/α,β-unsaturated/α-hetero) is 1. The fourth-order valence-electron chi connectivity index (χ4n) is 2.74. The maximum atomic E-state index is 12.5. The number of aromatic nitrogens is 1. The Bertz CT molecular complexity index is 696. The van der Waals surface area contributed by atoms with E-state index in [1.165, 1.54) is 0 Å². The van der Waals surface area contributed by atoms with Gasteiger partial charge in [-0.25, -0.2) is 0 Å². The Morgan fingerprint density at radius 1 is 1.00 bits per heavy atom. The van der Waals surface area contributed by atoms with Gasteiger partial charge in [-0.2, -0.15) is 0 Å². The largest absolute Gasteiger partial charge is 0.345 e. The summed E-state index contributed by atoms with van der Waals surface area (Å²) in [5.41, 5.74) is 1.50. The zero-order valence-electron chi connectivity index (χ0n) is 15.2. The molecule has 0 unspecified atom stereocenters. The van der Waals surface area contributed by atoms with Gasteiger partial charge in [0.2, 0.25) is 5.91 Å². The lowest BCUT2D eigenvalue weighted by Gasteiger charge is -2.26. The summed E-state index contributed by atoms with van der Waals surface area (Å²) in [6.07, 6.45) is 5.04. The Morgan fingerprint density at radius 3 is 2.28 bits per heavy atom. The van der Waals surface area contributed by atoms with Gasteiger partial charge in [-0.15, -0.1) is 0 Å². The zero-order valence-corrected chi connectivity index (χ0v) is 15.2. The topological polar surface area (TPSA) is 50.3 Å². The number of rotatable bonds is 8. The predicted octanol–water partition coefficient (Wildman–Crippen LogP) is 3.77. The average Bonchev–Trinajstić information content (AvgIpc) is 2.60. The molecule has 0 aliphatic carbocycles. The van der Waals surface area contributed by atoms with Gasteiger partial charge < -0.3 is 4.90 Å². The van der Waals surface area contributed by atoms with Crippen LogP contribution in [0.5, 0.6) is 0 Å². The van der Waals surface area contributed by atoms with E-state index in [0.717, 1.165) is 12.0 Å². The first-order valence-electron chi connectivity index (χ1n) is 8.58. The molecule has 132 valence electrons. The number of carbonyl (C=O) groups excluding carboxylic acids is 2. The van der Waals surface area contributed by atoms with E-state index < -0.39 is 0 Å². The van der Waals surface area contributed by atoms with E-state index in [0.29, 0.717) is 24.9 Å². The van der Waals surface area contributed by atoms with Crippen molar-refractivity contribution < 1.29 is 9.59 Å². The molecule has 2 aromatic rings.